The predicted molar refractivity (Wildman–Crippen MR) is 63.2 cm³/mol. The molecule has 0 fully saturated rings. The Morgan fingerprint density at radius 3 is 2.27 bits per heavy atom. The Bertz CT molecular complexity index is 247. The van der Waals surface area contributed by atoms with Gasteiger partial charge in [-0.2, -0.15) is 0 Å². The Hall–Kier alpha value is -0.0000000000000000208. The fraction of sp³-hybridized carbons (Fsp3) is 0.800. The summed E-state index contributed by atoms with van der Waals surface area (Å²) in [7, 11) is -3.16. The van der Waals surface area contributed by atoms with Crippen molar-refractivity contribution >= 4 is 19.2 Å². The van der Waals surface area contributed by atoms with Crippen molar-refractivity contribution in [1.29, 1.82) is 0 Å². The van der Waals surface area contributed by atoms with Gasteiger partial charge in [0.15, 0.2) is 0 Å². The third kappa shape index (κ3) is 7.88. The minimum Gasteiger partial charge on any atom is -0.300 e. The van der Waals surface area contributed by atoms with Gasteiger partial charge in [0, 0.05) is 18.0 Å². The van der Waals surface area contributed by atoms with Crippen LogP contribution in [0.2, 0.25) is 0 Å². The highest BCUT2D eigenvalue weighted by Gasteiger charge is 2.19. The van der Waals surface area contributed by atoms with E-state index >= 15 is 0 Å². The topological polar surface area (TPSA) is 35.5 Å². The standard InChI is InChI=1S/C10H18ClO3P/c1-3-13-15(12,14-4-2)10-8-6-5-7-9-11/h3-7,9H2,1-2H3. The average molecular weight is 253 g/mol. The summed E-state index contributed by atoms with van der Waals surface area (Å²) in [6.07, 6.45) is 2.51. The van der Waals surface area contributed by atoms with E-state index in [4.69, 9.17) is 20.6 Å². The summed E-state index contributed by atoms with van der Waals surface area (Å²) in [5.41, 5.74) is 2.57. The van der Waals surface area contributed by atoms with Crippen molar-refractivity contribution in [3.05, 3.63) is 0 Å². The van der Waals surface area contributed by atoms with Crippen LogP contribution in [-0.2, 0) is 13.6 Å². The van der Waals surface area contributed by atoms with Gasteiger partial charge < -0.3 is 0 Å². The fourth-order valence-electron chi connectivity index (χ4n) is 0.902. The van der Waals surface area contributed by atoms with Gasteiger partial charge in [-0.05, 0) is 26.7 Å². The molecule has 0 aromatic heterocycles. The van der Waals surface area contributed by atoms with Gasteiger partial charge in [-0.1, -0.05) is 5.92 Å². The van der Waals surface area contributed by atoms with Crippen LogP contribution in [0, 0.1) is 11.6 Å². The minimum atomic E-state index is -3.16. The van der Waals surface area contributed by atoms with E-state index in [9.17, 15) is 4.57 Å². The molecule has 0 heterocycles. The van der Waals surface area contributed by atoms with Crippen LogP contribution in [0.4, 0.5) is 0 Å². The first-order valence-electron chi connectivity index (χ1n) is 5.13. The maximum absolute atomic E-state index is 11.8. The molecule has 0 atom stereocenters. The highest BCUT2D eigenvalue weighted by molar-refractivity contribution is 7.59. The average Bonchev–Trinajstić information content (AvgIpc) is 2.18. The van der Waals surface area contributed by atoms with Gasteiger partial charge in [0.2, 0.25) is 0 Å². The molecule has 0 radical (unpaired) electrons. The van der Waals surface area contributed by atoms with Crippen molar-refractivity contribution in [3.63, 3.8) is 0 Å². The van der Waals surface area contributed by atoms with E-state index in [0.717, 1.165) is 12.8 Å². The third-order valence-electron chi connectivity index (χ3n) is 1.50. The Balaban J connectivity index is 4.08. The lowest BCUT2D eigenvalue weighted by atomic mass is 10.3. The zero-order valence-corrected chi connectivity index (χ0v) is 10.9. The van der Waals surface area contributed by atoms with Gasteiger partial charge in [-0.25, -0.2) is 4.57 Å². The summed E-state index contributed by atoms with van der Waals surface area (Å²) < 4.78 is 21.8. The molecule has 0 spiro atoms. The fourth-order valence-corrected chi connectivity index (χ4v) is 2.28. The molecule has 0 saturated heterocycles. The van der Waals surface area contributed by atoms with Gasteiger partial charge >= 0.3 is 7.60 Å². The van der Waals surface area contributed by atoms with Crippen molar-refractivity contribution in [1.82, 2.24) is 0 Å². The lowest BCUT2D eigenvalue weighted by Crippen LogP contribution is -1.93. The molecule has 0 aromatic rings. The van der Waals surface area contributed by atoms with Crippen molar-refractivity contribution in [3.8, 4) is 11.6 Å². The second-order valence-corrected chi connectivity index (χ2v) is 4.88. The Morgan fingerprint density at radius 2 is 1.80 bits per heavy atom. The molecule has 0 aromatic carbocycles. The summed E-state index contributed by atoms with van der Waals surface area (Å²) in [6.45, 7) is 4.21. The van der Waals surface area contributed by atoms with Crippen LogP contribution in [0.3, 0.4) is 0 Å². The molecule has 0 N–H and O–H groups in total. The van der Waals surface area contributed by atoms with Crippen molar-refractivity contribution in [2.24, 2.45) is 0 Å². The summed E-state index contributed by atoms with van der Waals surface area (Å²) in [5, 5.41) is 0. The number of alkyl halides is 1. The Kier molecular flexibility index (Phi) is 9.24. The van der Waals surface area contributed by atoms with Crippen LogP contribution in [0.1, 0.15) is 33.1 Å². The maximum atomic E-state index is 11.8. The third-order valence-corrected chi connectivity index (χ3v) is 3.39. The first-order valence-corrected chi connectivity index (χ1v) is 7.21. The van der Waals surface area contributed by atoms with E-state index in [2.05, 4.69) is 11.6 Å². The van der Waals surface area contributed by atoms with Crippen LogP contribution in [0.5, 0.6) is 0 Å². The molecule has 0 bridgehead atoms. The molecule has 0 aliphatic carbocycles. The van der Waals surface area contributed by atoms with Crippen LogP contribution < -0.4 is 0 Å². The molecule has 3 nitrogen and oxygen atoms in total. The van der Waals surface area contributed by atoms with E-state index in [0.29, 0.717) is 25.5 Å². The molecule has 0 aliphatic heterocycles. The van der Waals surface area contributed by atoms with Crippen LogP contribution in [0.25, 0.3) is 0 Å². The van der Waals surface area contributed by atoms with E-state index in [1.807, 2.05) is 0 Å². The molecular formula is C10H18ClO3P. The molecule has 0 unspecified atom stereocenters. The SMILES string of the molecule is CCOP(=O)(C#CCCCCCl)OCC. The van der Waals surface area contributed by atoms with E-state index in [1.165, 1.54) is 0 Å². The first-order chi connectivity index (χ1) is 7.18. The van der Waals surface area contributed by atoms with Gasteiger partial charge in [0.1, 0.15) is 0 Å². The van der Waals surface area contributed by atoms with Gasteiger partial charge in [0.05, 0.1) is 13.2 Å². The Morgan fingerprint density at radius 1 is 1.20 bits per heavy atom. The summed E-state index contributed by atoms with van der Waals surface area (Å²) >= 11 is 5.52. The van der Waals surface area contributed by atoms with Crippen molar-refractivity contribution < 1.29 is 13.6 Å². The summed E-state index contributed by atoms with van der Waals surface area (Å²) in [6, 6.07) is 0. The molecule has 88 valence electrons. The van der Waals surface area contributed by atoms with Gasteiger partial charge in [-0.15, -0.1) is 11.6 Å². The number of hydrogen-bond acceptors (Lipinski definition) is 3. The largest absolute Gasteiger partial charge is 0.405 e. The molecule has 0 saturated carbocycles. The maximum Gasteiger partial charge on any atom is 0.405 e. The molecule has 15 heavy (non-hydrogen) atoms. The zero-order chi connectivity index (χ0) is 11.6. The molecule has 0 rings (SSSR count). The van der Waals surface area contributed by atoms with Gasteiger partial charge in [0.25, 0.3) is 0 Å². The first kappa shape index (κ1) is 15.0. The second kappa shape index (κ2) is 9.24. The zero-order valence-electron chi connectivity index (χ0n) is 9.29. The van der Waals surface area contributed by atoms with Crippen molar-refractivity contribution in [2.75, 3.05) is 19.1 Å². The molecule has 5 heteroatoms. The van der Waals surface area contributed by atoms with E-state index < -0.39 is 7.60 Å². The summed E-state index contributed by atoms with van der Waals surface area (Å²) in [4.78, 5) is 0. The number of halogens is 1. The molecular weight excluding hydrogens is 235 g/mol. The normalized spacial score (nSPS) is 10.9. The minimum absolute atomic E-state index is 0.341. The van der Waals surface area contributed by atoms with Crippen LogP contribution in [-0.4, -0.2) is 19.1 Å². The van der Waals surface area contributed by atoms with E-state index in [-0.39, 0.29) is 0 Å². The van der Waals surface area contributed by atoms with E-state index in [1.54, 1.807) is 13.8 Å². The highest BCUT2D eigenvalue weighted by Crippen LogP contribution is 2.46. The number of rotatable bonds is 7. The smallest absolute Gasteiger partial charge is 0.300 e. The van der Waals surface area contributed by atoms with Crippen LogP contribution >= 0.6 is 19.2 Å². The highest BCUT2D eigenvalue weighted by atomic mass is 35.5. The molecule has 0 amide bonds. The van der Waals surface area contributed by atoms with Crippen LogP contribution in [0.15, 0.2) is 0 Å². The molecule has 0 aliphatic rings. The quantitative estimate of drug-likeness (QED) is 0.300. The summed E-state index contributed by atoms with van der Waals surface area (Å²) in [5.74, 6) is 3.44. The van der Waals surface area contributed by atoms with Gasteiger partial charge in [-0.3, -0.25) is 9.05 Å². The lowest BCUT2D eigenvalue weighted by Gasteiger charge is -2.09. The number of unbranched alkanes of at least 4 members (excludes halogenated alkanes) is 2. The Labute approximate surface area is 97.0 Å². The van der Waals surface area contributed by atoms with Crippen molar-refractivity contribution in [2.45, 2.75) is 33.1 Å². The number of hydrogen-bond donors (Lipinski definition) is 0. The monoisotopic (exact) mass is 252 g/mol. The second-order valence-electron chi connectivity index (χ2n) is 2.77. The predicted octanol–water partition coefficient (Wildman–Crippen LogP) is 3.62. The lowest BCUT2D eigenvalue weighted by molar-refractivity contribution is 0.230.